The fourth-order valence-electron chi connectivity index (χ4n) is 2.15. The normalized spacial score (nSPS) is 17.7. The van der Waals surface area contributed by atoms with E-state index in [2.05, 4.69) is 10.6 Å². The van der Waals surface area contributed by atoms with Gasteiger partial charge in [0.2, 0.25) is 11.8 Å². The van der Waals surface area contributed by atoms with Gasteiger partial charge >= 0.3 is 5.97 Å². The summed E-state index contributed by atoms with van der Waals surface area (Å²) >= 11 is 0. The van der Waals surface area contributed by atoms with Crippen LogP contribution in [0.1, 0.15) is 32.1 Å². The number of carboxylic acids is 1. The third-order valence-electron chi connectivity index (χ3n) is 3.25. The molecule has 0 saturated carbocycles. The molecule has 1 saturated heterocycles. The van der Waals surface area contributed by atoms with Gasteiger partial charge < -0.3 is 21.5 Å². The Kier molecular flexibility index (Phi) is 6.27. The van der Waals surface area contributed by atoms with E-state index in [0.717, 1.165) is 25.9 Å². The van der Waals surface area contributed by atoms with Crippen molar-refractivity contribution in [2.75, 3.05) is 13.1 Å². The van der Waals surface area contributed by atoms with Crippen LogP contribution in [0.4, 0.5) is 0 Å². The van der Waals surface area contributed by atoms with Crippen molar-refractivity contribution in [3.05, 3.63) is 0 Å². The topological polar surface area (TPSA) is 122 Å². The Morgan fingerprint density at radius 3 is 2.47 bits per heavy atom. The maximum Gasteiger partial charge on any atom is 0.326 e. The van der Waals surface area contributed by atoms with Gasteiger partial charge in [-0.1, -0.05) is 0 Å². The standard InChI is InChI=1S/C12H21N3O4/c13-10(16)2-1-9(12(18)19)15-11(17)7-8-3-5-14-6-4-8/h8-9,14H,1-7H2,(H2,13,16)(H,15,17)(H,18,19)/t9-/m1/s1. The van der Waals surface area contributed by atoms with Gasteiger partial charge in [0.05, 0.1) is 0 Å². The second-order valence-corrected chi connectivity index (χ2v) is 4.86. The largest absolute Gasteiger partial charge is 0.480 e. The van der Waals surface area contributed by atoms with E-state index >= 15 is 0 Å². The van der Waals surface area contributed by atoms with Crippen LogP contribution in [0.2, 0.25) is 0 Å². The molecule has 0 spiro atoms. The molecular formula is C12H21N3O4. The summed E-state index contributed by atoms with van der Waals surface area (Å²) in [6, 6.07) is -1.04. The molecule has 1 rings (SSSR count). The van der Waals surface area contributed by atoms with Crippen molar-refractivity contribution in [3.63, 3.8) is 0 Å². The molecule has 1 aliphatic rings. The number of amides is 2. The molecule has 7 heteroatoms. The maximum absolute atomic E-state index is 11.8. The van der Waals surface area contributed by atoms with Crippen molar-refractivity contribution in [2.45, 2.75) is 38.1 Å². The zero-order valence-electron chi connectivity index (χ0n) is 10.9. The van der Waals surface area contributed by atoms with Crippen molar-refractivity contribution in [1.82, 2.24) is 10.6 Å². The predicted octanol–water partition coefficient (Wildman–Crippen LogP) is -0.789. The molecule has 0 aromatic carbocycles. The van der Waals surface area contributed by atoms with E-state index in [-0.39, 0.29) is 18.7 Å². The summed E-state index contributed by atoms with van der Waals surface area (Å²) < 4.78 is 0. The molecule has 0 radical (unpaired) electrons. The van der Waals surface area contributed by atoms with Crippen LogP contribution in [0.5, 0.6) is 0 Å². The number of hydrogen-bond donors (Lipinski definition) is 4. The fraction of sp³-hybridized carbons (Fsp3) is 0.750. The first-order valence-corrected chi connectivity index (χ1v) is 6.50. The fourth-order valence-corrected chi connectivity index (χ4v) is 2.15. The van der Waals surface area contributed by atoms with E-state index in [1.807, 2.05) is 0 Å². The summed E-state index contributed by atoms with van der Waals surface area (Å²) in [4.78, 5) is 33.4. The van der Waals surface area contributed by atoms with Gasteiger partial charge in [0.25, 0.3) is 0 Å². The molecule has 0 aromatic heterocycles. The average molecular weight is 271 g/mol. The zero-order valence-corrected chi connectivity index (χ0v) is 10.9. The third kappa shape index (κ3) is 6.19. The first-order chi connectivity index (χ1) is 8.99. The first-order valence-electron chi connectivity index (χ1n) is 6.50. The number of primary amides is 1. The van der Waals surface area contributed by atoms with Gasteiger partial charge in [-0.15, -0.1) is 0 Å². The molecular weight excluding hydrogens is 250 g/mol. The number of piperidine rings is 1. The van der Waals surface area contributed by atoms with Crippen molar-refractivity contribution in [1.29, 1.82) is 0 Å². The number of carbonyl (C=O) groups excluding carboxylic acids is 2. The molecule has 1 fully saturated rings. The summed E-state index contributed by atoms with van der Waals surface area (Å²) in [6.07, 6.45) is 2.16. The number of hydrogen-bond acceptors (Lipinski definition) is 4. The lowest BCUT2D eigenvalue weighted by Crippen LogP contribution is -2.42. The van der Waals surface area contributed by atoms with Crippen LogP contribution in [-0.2, 0) is 14.4 Å². The van der Waals surface area contributed by atoms with Crippen molar-refractivity contribution in [3.8, 4) is 0 Å². The summed E-state index contributed by atoms with van der Waals surface area (Å²) in [7, 11) is 0. The highest BCUT2D eigenvalue weighted by molar-refractivity contribution is 5.84. The molecule has 0 aromatic rings. The summed E-state index contributed by atoms with van der Waals surface area (Å²) in [5.74, 6) is -1.69. The van der Waals surface area contributed by atoms with Crippen LogP contribution in [0, 0.1) is 5.92 Å². The predicted molar refractivity (Wildman–Crippen MR) is 68.2 cm³/mol. The second kappa shape index (κ2) is 7.73. The Balaban J connectivity index is 2.37. The maximum atomic E-state index is 11.8. The minimum absolute atomic E-state index is 0.0304. The zero-order chi connectivity index (χ0) is 14.3. The van der Waals surface area contributed by atoms with Crippen molar-refractivity contribution < 1.29 is 19.5 Å². The highest BCUT2D eigenvalue weighted by Crippen LogP contribution is 2.15. The molecule has 108 valence electrons. The number of aliphatic carboxylic acids is 1. The lowest BCUT2D eigenvalue weighted by molar-refractivity contribution is -0.142. The second-order valence-electron chi connectivity index (χ2n) is 4.86. The molecule has 1 heterocycles. The molecule has 7 nitrogen and oxygen atoms in total. The summed E-state index contributed by atoms with van der Waals surface area (Å²) in [6.45, 7) is 1.78. The Morgan fingerprint density at radius 1 is 1.32 bits per heavy atom. The van der Waals surface area contributed by atoms with Crippen LogP contribution >= 0.6 is 0 Å². The van der Waals surface area contributed by atoms with E-state index in [0.29, 0.717) is 12.3 Å². The monoisotopic (exact) mass is 271 g/mol. The number of rotatable bonds is 7. The van der Waals surface area contributed by atoms with Gasteiger partial charge in [0.1, 0.15) is 6.04 Å². The van der Waals surface area contributed by atoms with Gasteiger partial charge in [-0.3, -0.25) is 9.59 Å². The van der Waals surface area contributed by atoms with Gasteiger partial charge in [0, 0.05) is 12.8 Å². The lowest BCUT2D eigenvalue weighted by Gasteiger charge is -2.23. The number of carboxylic acid groups (broad SMARTS) is 1. The highest BCUT2D eigenvalue weighted by Gasteiger charge is 2.23. The summed E-state index contributed by atoms with van der Waals surface area (Å²) in [5, 5.41) is 14.6. The third-order valence-corrected chi connectivity index (χ3v) is 3.25. The van der Waals surface area contributed by atoms with Gasteiger partial charge in [0.15, 0.2) is 0 Å². The van der Waals surface area contributed by atoms with Crippen LogP contribution in [0.3, 0.4) is 0 Å². The Hall–Kier alpha value is -1.63. The molecule has 1 atom stereocenters. The van der Waals surface area contributed by atoms with Crippen LogP contribution in [0.15, 0.2) is 0 Å². The average Bonchev–Trinajstić information content (AvgIpc) is 2.35. The number of carbonyl (C=O) groups is 3. The minimum Gasteiger partial charge on any atom is -0.480 e. The number of nitrogens with one attached hydrogen (secondary N) is 2. The van der Waals surface area contributed by atoms with E-state index in [4.69, 9.17) is 10.8 Å². The SMILES string of the molecule is NC(=O)CC[C@@H](NC(=O)CC1CCNCC1)C(=O)O. The van der Waals surface area contributed by atoms with Crippen LogP contribution < -0.4 is 16.4 Å². The molecule has 2 amide bonds. The van der Waals surface area contributed by atoms with E-state index in [9.17, 15) is 14.4 Å². The van der Waals surface area contributed by atoms with Crippen molar-refractivity contribution >= 4 is 17.8 Å². The first kappa shape index (κ1) is 15.4. The van der Waals surface area contributed by atoms with E-state index in [1.54, 1.807) is 0 Å². The Labute approximate surface area is 111 Å². The molecule has 0 bridgehead atoms. The van der Waals surface area contributed by atoms with E-state index in [1.165, 1.54) is 0 Å². The van der Waals surface area contributed by atoms with Crippen LogP contribution in [0.25, 0.3) is 0 Å². The van der Waals surface area contributed by atoms with Crippen molar-refractivity contribution in [2.24, 2.45) is 11.7 Å². The highest BCUT2D eigenvalue weighted by atomic mass is 16.4. The molecule has 5 N–H and O–H groups in total. The Morgan fingerprint density at radius 2 is 1.95 bits per heavy atom. The molecule has 0 aliphatic carbocycles. The molecule has 0 unspecified atom stereocenters. The lowest BCUT2D eigenvalue weighted by atomic mass is 9.94. The van der Waals surface area contributed by atoms with E-state index < -0.39 is 17.9 Å². The molecule has 1 aliphatic heterocycles. The summed E-state index contributed by atoms with van der Waals surface area (Å²) in [5.41, 5.74) is 4.97. The van der Waals surface area contributed by atoms with Gasteiger partial charge in [-0.25, -0.2) is 4.79 Å². The Bertz CT molecular complexity index is 340. The van der Waals surface area contributed by atoms with Crippen LogP contribution in [-0.4, -0.2) is 42.0 Å². The molecule has 19 heavy (non-hydrogen) atoms. The minimum atomic E-state index is -1.14. The smallest absolute Gasteiger partial charge is 0.326 e. The van der Waals surface area contributed by atoms with Gasteiger partial charge in [-0.2, -0.15) is 0 Å². The number of nitrogens with two attached hydrogens (primary N) is 1. The van der Waals surface area contributed by atoms with Gasteiger partial charge in [-0.05, 0) is 38.3 Å². The quantitative estimate of drug-likeness (QED) is 0.483.